The van der Waals surface area contributed by atoms with E-state index in [0.29, 0.717) is 0 Å². The molecule has 2 fully saturated rings. The van der Waals surface area contributed by atoms with E-state index in [1.54, 1.807) is 5.98 Å². The molecule has 21 aromatic carbocycles. The molecule has 2 heterocycles. The number of hydrogen-bond donors (Lipinski definition) is 0. The summed E-state index contributed by atoms with van der Waals surface area (Å²) in [5.41, 5.74) is 21.6. The van der Waals surface area contributed by atoms with Gasteiger partial charge in [0, 0.05) is 13.4 Å². The van der Waals surface area contributed by atoms with E-state index >= 15 is 0 Å². The number of aryl methyl sites for hydroxylation is 1. The van der Waals surface area contributed by atoms with Crippen LogP contribution in [0.1, 0.15) is 67.9 Å². The van der Waals surface area contributed by atoms with Gasteiger partial charge in [-0.15, -0.1) is 6.58 Å². The van der Waals surface area contributed by atoms with Crippen molar-refractivity contribution in [1.29, 1.82) is 0 Å². The smallest absolute Gasteiger partial charge is 0.400 e. The number of benzene rings is 21. The summed E-state index contributed by atoms with van der Waals surface area (Å²) in [6.45, 7) is 22.2. The van der Waals surface area contributed by atoms with E-state index in [2.05, 4.69) is 483 Å². The van der Waals surface area contributed by atoms with Gasteiger partial charge in [0.1, 0.15) is 0 Å². The molecule has 0 bridgehead atoms. The van der Waals surface area contributed by atoms with Gasteiger partial charge >= 0.3 is 14.2 Å². The summed E-state index contributed by atoms with van der Waals surface area (Å²) < 4.78 is 26.4. The largest absolute Gasteiger partial charge is 0.494 e. The van der Waals surface area contributed by atoms with E-state index in [4.69, 9.17) is 18.6 Å². The molecular formula is C124H101B2Br3O4. The molecule has 648 valence electrons. The molecule has 21 aromatic rings. The van der Waals surface area contributed by atoms with Gasteiger partial charge in [0.25, 0.3) is 0 Å². The van der Waals surface area contributed by atoms with Crippen molar-refractivity contribution >= 4 is 164 Å². The van der Waals surface area contributed by atoms with Gasteiger partial charge in [0.2, 0.25) is 0 Å². The Morgan fingerprint density at radius 3 is 0.767 bits per heavy atom. The summed E-state index contributed by atoms with van der Waals surface area (Å²) in [7, 11) is -0.516. The van der Waals surface area contributed by atoms with E-state index < -0.39 is 0 Å². The van der Waals surface area contributed by atoms with Crippen LogP contribution < -0.4 is 5.46 Å². The summed E-state index contributed by atoms with van der Waals surface area (Å²) >= 11 is 10.9. The lowest BCUT2D eigenvalue weighted by Gasteiger charge is -2.32. The second-order valence-corrected chi connectivity index (χ2v) is 39.0. The summed E-state index contributed by atoms with van der Waals surface area (Å²) in [5, 5.41) is 22.9. The van der Waals surface area contributed by atoms with Gasteiger partial charge in [-0.2, -0.15) is 0 Å². The average molecular weight is 1920 g/mol. The second kappa shape index (κ2) is 38.0. The van der Waals surface area contributed by atoms with E-state index in [1.165, 1.54) is 192 Å². The number of halogens is 3. The Morgan fingerprint density at radius 2 is 0.481 bits per heavy atom. The molecule has 4 nitrogen and oxygen atoms in total. The maximum atomic E-state index is 5.95. The highest BCUT2D eigenvalue weighted by Gasteiger charge is 2.52. The highest BCUT2D eigenvalue weighted by molar-refractivity contribution is 9.11. The van der Waals surface area contributed by atoms with Gasteiger partial charge in [-0.25, -0.2) is 0 Å². The fraction of sp³-hybridized carbons (Fsp3) is 0.113. The summed E-state index contributed by atoms with van der Waals surface area (Å²) in [6.07, 6.45) is 1.05. The summed E-state index contributed by atoms with van der Waals surface area (Å²) in [6, 6.07) is 151. The number of rotatable bonds is 11. The third-order valence-electron chi connectivity index (χ3n) is 27.1. The summed E-state index contributed by atoms with van der Waals surface area (Å²) in [5.74, 6) is 1.68. The van der Waals surface area contributed by atoms with Crippen LogP contribution in [0, 0.1) is 0 Å². The first-order chi connectivity index (χ1) is 64.6. The predicted molar refractivity (Wildman–Crippen MR) is 581 cm³/mol. The van der Waals surface area contributed by atoms with Crippen molar-refractivity contribution in [2.24, 2.45) is 0 Å². The van der Waals surface area contributed by atoms with E-state index in [1.807, 2.05) is 52.0 Å². The van der Waals surface area contributed by atoms with E-state index in [0.717, 1.165) is 25.3 Å². The van der Waals surface area contributed by atoms with Crippen LogP contribution in [-0.4, -0.2) is 36.6 Å². The van der Waals surface area contributed by atoms with Gasteiger partial charge in [-0.05, 0) is 335 Å². The molecule has 2 aliphatic heterocycles. The zero-order chi connectivity index (χ0) is 91.7. The molecule has 0 unspecified atom stereocenters. The van der Waals surface area contributed by atoms with Crippen molar-refractivity contribution in [3.8, 4) is 89.0 Å². The van der Waals surface area contributed by atoms with Crippen LogP contribution >= 0.6 is 47.8 Å². The minimum absolute atomic E-state index is 0.230. The molecule has 0 radical (unpaired) electrons. The standard InChI is InChI=1S/C38H28.C36H23Br.C30H19Br.C12H16BBrO2.C8H15BO2/c1-2-26-20-22-28(23-21-26)37-32-16-8-10-18-34(32)38(35-19-11-9-17-33(35)37)36-25-30(27-12-4-3-5-13-27)24-29-14-6-7-15-31(29)36;37-28-20-18-25(19-21-28)35-30-14-6-8-16-32(30)36(33-17-9-7-15-31(33)35)34-23-27(24-10-2-1-3-11-24)22-26-12-4-5-13-29(26)34;31-30-26-16-8-6-14-24(26)29(25-15-7-9-17-27(25)30)28-19-22(20-10-2-1-3-11-20)18-21-12-4-5-13-23(21)28;1-11(2)12(3,4)16-13(15-11)9-5-7-10(14)8-6-9;1-6-9-10-7(2,3)8(4,5)11-9/h3-25H,2H2,1H3;1-23H;1-19H;5-8H,1-4H3;6H,1H2,2-5H3. The SMILES string of the molecule is Brc1c2ccccc2c(-c2cc(-c3ccccc3)cc3ccccc23)c2ccccc12.Brc1ccc(-c2c3ccccc3c(-c3cc(-c4ccccc4)cc4ccccc34)c3ccccc23)cc1.C=CB1OC(C)(C)C(C)(C)O1.CC1(C)OB(c2ccc(Br)cc2)OC1(C)C.CCc1ccc(-c2c3ccccc3c(-c3cc(-c4ccccc4)cc4ccccc34)c3ccccc23)cc1. The van der Waals surface area contributed by atoms with Gasteiger partial charge in [0.15, 0.2) is 0 Å². The zero-order valence-electron chi connectivity index (χ0n) is 76.3. The zero-order valence-corrected chi connectivity index (χ0v) is 81.0. The van der Waals surface area contributed by atoms with Crippen molar-refractivity contribution < 1.29 is 18.6 Å². The Balaban J connectivity index is 0.000000113. The monoisotopic (exact) mass is 1910 g/mol. The number of hydrogen-bond acceptors (Lipinski definition) is 4. The van der Waals surface area contributed by atoms with Gasteiger partial charge in [-0.1, -0.05) is 403 Å². The molecule has 2 saturated heterocycles. The Kier molecular flexibility index (Phi) is 25.5. The topological polar surface area (TPSA) is 36.9 Å². The van der Waals surface area contributed by atoms with E-state index in [9.17, 15) is 0 Å². The minimum Gasteiger partial charge on any atom is -0.400 e. The first kappa shape index (κ1) is 89.3. The van der Waals surface area contributed by atoms with Crippen LogP contribution in [-0.2, 0) is 25.0 Å². The molecule has 0 atom stereocenters. The van der Waals surface area contributed by atoms with Crippen LogP contribution in [0.15, 0.2) is 445 Å². The molecule has 9 heteroatoms. The molecule has 23 rings (SSSR count). The molecule has 0 amide bonds. The maximum absolute atomic E-state index is 5.95. The van der Waals surface area contributed by atoms with Crippen LogP contribution in [0.5, 0.6) is 0 Å². The first-order valence-electron chi connectivity index (χ1n) is 45.8. The van der Waals surface area contributed by atoms with Crippen molar-refractivity contribution in [2.75, 3.05) is 0 Å². The normalized spacial score (nSPS) is 14.0. The Labute approximate surface area is 806 Å². The Bertz CT molecular complexity index is 7710. The van der Waals surface area contributed by atoms with Crippen LogP contribution in [0.25, 0.3) is 186 Å². The first-order valence-corrected chi connectivity index (χ1v) is 48.2. The average Bonchev–Trinajstić information content (AvgIpc) is 1.28. The molecule has 0 saturated carbocycles. The van der Waals surface area contributed by atoms with Gasteiger partial charge in [-0.3, -0.25) is 0 Å². The third-order valence-corrected chi connectivity index (χ3v) is 29.0. The van der Waals surface area contributed by atoms with E-state index in [-0.39, 0.29) is 36.6 Å². The third kappa shape index (κ3) is 17.9. The highest BCUT2D eigenvalue weighted by atomic mass is 79.9. The fourth-order valence-corrected chi connectivity index (χ4v) is 20.1. The molecule has 0 aliphatic carbocycles. The maximum Gasteiger partial charge on any atom is 0.494 e. The molecule has 0 N–H and O–H groups in total. The fourth-order valence-electron chi connectivity index (χ4n) is 18.9. The van der Waals surface area contributed by atoms with Crippen molar-refractivity contribution in [3.63, 3.8) is 0 Å². The minimum atomic E-state index is -0.273. The van der Waals surface area contributed by atoms with Crippen LogP contribution in [0.4, 0.5) is 0 Å². The van der Waals surface area contributed by atoms with Crippen molar-refractivity contribution in [2.45, 2.75) is 91.1 Å². The highest BCUT2D eigenvalue weighted by Crippen LogP contribution is 2.51. The van der Waals surface area contributed by atoms with Gasteiger partial charge < -0.3 is 18.6 Å². The lowest BCUT2D eigenvalue weighted by atomic mass is 9.79. The summed E-state index contributed by atoms with van der Waals surface area (Å²) in [4.78, 5) is 0. The lowest BCUT2D eigenvalue weighted by molar-refractivity contribution is 0.00578. The molecular weight excluding hydrogens is 1810 g/mol. The number of fused-ring (bicyclic) bond motifs is 9. The van der Waals surface area contributed by atoms with Gasteiger partial charge in [0.05, 0.1) is 22.4 Å². The lowest BCUT2D eigenvalue weighted by Crippen LogP contribution is -2.41. The molecule has 0 spiro atoms. The van der Waals surface area contributed by atoms with Crippen LogP contribution in [0.3, 0.4) is 0 Å². The Morgan fingerprint density at radius 1 is 0.241 bits per heavy atom. The molecule has 0 aromatic heterocycles. The predicted octanol–water partition coefficient (Wildman–Crippen LogP) is 35.4. The second-order valence-electron chi connectivity index (χ2n) is 36.4. The molecule has 2 aliphatic rings. The molecule has 133 heavy (non-hydrogen) atoms. The van der Waals surface area contributed by atoms with Crippen molar-refractivity contribution in [1.82, 2.24) is 0 Å². The Hall–Kier alpha value is -12.9. The van der Waals surface area contributed by atoms with Crippen molar-refractivity contribution in [3.05, 3.63) is 450 Å². The quantitative estimate of drug-likeness (QED) is 0.0955. The van der Waals surface area contributed by atoms with Crippen LogP contribution in [0.2, 0.25) is 0 Å².